The first-order valence-corrected chi connectivity index (χ1v) is 6.73. The predicted octanol–water partition coefficient (Wildman–Crippen LogP) is 3.13. The Balaban J connectivity index is 1.79. The summed E-state index contributed by atoms with van der Waals surface area (Å²) in [5.41, 5.74) is 2.25. The fourth-order valence-corrected chi connectivity index (χ4v) is 2.38. The van der Waals surface area contributed by atoms with Crippen molar-refractivity contribution >= 4 is 17.5 Å². The highest BCUT2D eigenvalue weighted by atomic mass is 15.2. The van der Waals surface area contributed by atoms with Crippen molar-refractivity contribution in [2.45, 2.75) is 19.8 Å². The van der Waals surface area contributed by atoms with Crippen LogP contribution in [0.2, 0.25) is 0 Å². The van der Waals surface area contributed by atoms with Gasteiger partial charge in [0.15, 0.2) is 0 Å². The molecule has 1 aromatic carbocycles. The Hall–Kier alpha value is -2.10. The third-order valence-corrected chi connectivity index (χ3v) is 3.35. The van der Waals surface area contributed by atoms with Gasteiger partial charge < -0.3 is 10.2 Å². The molecule has 1 saturated heterocycles. The Bertz CT molecular complexity index is 562. The van der Waals surface area contributed by atoms with Crippen molar-refractivity contribution in [2.75, 3.05) is 23.3 Å². The molecule has 0 bridgehead atoms. The van der Waals surface area contributed by atoms with Crippen molar-refractivity contribution in [3.63, 3.8) is 0 Å². The van der Waals surface area contributed by atoms with E-state index >= 15 is 0 Å². The van der Waals surface area contributed by atoms with Gasteiger partial charge in [0.2, 0.25) is 5.95 Å². The molecule has 98 valence electrons. The number of aromatic nitrogens is 2. The van der Waals surface area contributed by atoms with Gasteiger partial charge in [-0.25, -0.2) is 4.98 Å². The molecule has 1 aromatic heterocycles. The van der Waals surface area contributed by atoms with E-state index in [0.717, 1.165) is 24.6 Å². The number of aryl methyl sites for hydroxylation is 1. The van der Waals surface area contributed by atoms with Crippen LogP contribution in [-0.4, -0.2) is 23.1 Å². The highest BCUT2D eigenvalue weighted by Crippen LogP contribution is 2.20. The van der Waals surface area contributed by atoms with E-state index in [4.69, 9.17) is 0 Å². The Kier molecular flexibility index (Phi) is 3.31. The molecule has 1 fully saturated rings. The molecular formula is C15H18N4. The number of hydrogen-bond donors (Lipinski definition) is 1. The lowest BCUT2D eigenvalue weighted by atomic mass is 10.2. The maximum Gasteiger partial charge on any atom is 0.229 e. The third-order valence-electron chi connectivity index (χ3n) is 3.35. The summed E-state index contributed by atoms with van der Waals surface area (Å²) in [6.45, 7) is 4.27. The van der Waals surface area contributed by atoms with Crippen molar-refractivity contribution < 1.29 is 0 Å². The second kappa shape index (κ2) is 5.26. The van der Waals surface area contributed by atoms with Gasteiger partial charge in [0.05, 0.1) is 0 Å². The summed E-state index contributed by atoms with van der Waals surface area (Å²) in [7, 11) is 0. The molecule has 0 amide bonds. The lowest BCUT2D eigenvalue weighted by molar-refractivity contribution is 0.930. The van der Waals surface area contributed by atoms with E-state index < -0.39 is 0 Å². The fourth-order valence-electron chi connectivity index (χ4n) is 2.38. The lowest BCUT2D eigenvalue weighted by Crippen LogP contribution is -2.19. The number of rotatable bonds is 3. The topological polar surface area (TPSA) is 41.1 Å². The molecule has 0 atom stereocenters. The highest BCUT2D eigenvalue weighted by Gasteiger charge is 2.13. The average Bonchev–Trinajstić information content (AvgIpc) is 2.93. The van der Waals surface area contributed by atoms with Crippen LogP contribution in [0.5, 0.6) is 0 Å². The molecule has 0 aliphatic carbocycles. The molecule has 3 rings (SSSR count). The number of anilines is 3. The zero-order chi connectivity index (χ0) is 13.1. The molecule has 0 radical (unpaired) electrons. The van der Waals surface area contributed by atoms with Crippen LogP contribution in [0.3, 0.4) is 0 Å². The maximum atomic E-state index is 4.58. The van der Waals surface area contributed by atoms with Crippen LogP contribution < -0.4 is 10.2 Å². The highest BCUT2D eigenvalue weighted by molar-refractivity contribution is 5.56. The molecule has 0 saturated carbocycles. The summed E-state index contributed by atoms with van der Waals surface area (Å²) in [4.78, 5) is 11.2. The van der Waals surface area contributed by atoms with Crippen LogP contribution in [0.1, 0.15) is 18.4 Å². The molecule has 19 heavy (non-hydrogen) atoms. The summed E-state index contributed by atoms with van der Waals surface area (Å²) >= 11 is 0. The van der Waals surface area contributed by atoms with Crippen LogP contribution >= 0.6 is 0 Å². The Morgan fingerprint density at radius 3 is 2.79 bits per heavy atom. The summed E-state index contributed by atoms with van der Waals surface area (Å²) in [5.74, 6) is 1.68. The zero-order valence-electron chi connectivity index (χ0n) is 11.1. The first-order valence-electron chi connectivity index (χ1n) is 6.73. The number of nitrogens with one attached hydrogen (secondary N) is 1. The summed E-state index contributed by atoms with van der Waals surface area (Å²) in [6, 6.07) is 10.2. The van der Waals surface area contributed by atoms with Gasteiger partial charge in [-0.15, -0.1) is 0 Å². The standard InChI is InChI=1S/C15H18N4/c1-12-5-4-6-13(11-12)17-15-16-8-7-14(18-15)19-9-2-3-10-19/h4-8,11H,2-3,9-10H2,1H3,(H,16,17,18). The maximum absolute atomic E-state index is 4.58. The van der Waals surface area contributed by atoms with Crippen LogP contribution in [-0.2, 0) is 0 Å². The van der Waals surface area contributed by atoms with Gasteiger partial charge in [-0.3, -0.25) is 0 Å². The fraction of sp³-hybridized carbons (Fsp3) is 0.333. The van der Waals surface area contributed by atoms with Gasteiger partial charge in [-0.05, 0) is 43.5 Å². The normalized spacial score (nSPS) is 14.7. The molecule has 0 spiro atoms. The van der Waals surface area contributed by atoms with Crippen molar-refractivity contribution in [3.8, 4) is 0 Å². The monoisotopic (exact) mass is 254 g/mol. The molecule has 4 nitrogen and oxygen atoms in total. The van der Waals surface area contributed by atoms with Crippen molar-refractivity contribution in [1.29, 1.82) is 0 Å². The van der Waals surface area contributed by atoms with E-state index in [0.29, 0.717) is 5.95 Å². The molecule has 4 heteroatoms. The van der Waals surface area contributed by atoms with Crippen LogP contribution in [0.25, 0.3) is 0 Å². The predicted molar refractivity (Wildman–Crippen MR) is 77.9 cm³/mol. The lowest BCUT2D eigenvalue weighted by Gasteiger charge is -2.16. The number of hydrogen-bond acceptors (Lipinski definition) is 4. The SMILES string of the molecule is Cc1cccc(Nc2nccc(N3CCCC3)n2)c1. The van der Waals surface area contributed by atoms with Crippen LogP contribution in [0.4, 0.5) is 17.5 Å². The van der Waals surface area contributed by atoms with E-state index in [9.17, 15) is 0 Å². The van der Waals surface area contributed by atoms with Gasteiger partial charge >= 0.3 is 0 Å². The van der Waals surface area contributed by atoms with Gasteiger partial charge in [0, 0.05) is 25.0 Å². The van der Waals surface area contributed by atoms with E-state index in [1.165, 1.54) is 18.4 Å². The van der Waals surface area contributed by atoms with Crippen molar-refractivity contribution in [2.24, 2.45) is 0 Å². The minimum absolute atomic E-state index is 0.662. The second-order valence-corrected chi connectivity index (χ2v) is 4.93. The Morgan fingerprint density at radius 2 is 2.00 bits per heavy atom. The zero-order valence-corrected chi connectivity index (χ0v) is 11.1. The molecular weight excluding hydrogens is 236 g/mol. The van der Waals surface area contributed by atoms with Crippen LogP contribution in [0.15, 0.2) is 36.5 Å². The Morgan fingerprint density at radius 1 is 1.16 bits per heavy atom. The van der Waals surface area contributed by atoms with E-state index in [-0.39, 0.29) is 0 Å². The molecule has 1 N–H and O–H groups in total. The smallest absolute Gasteiger partial charge is 0.229 e. The summed E-state index contributed by atoms with van der Waals surface area (Å²) in [6.07, 6.45) is 4.33. The largest absolute Gasteiger partial charge is 0.356 e. The van der Waals surface area contributed by atoms with E-state index in [2.05, 4.69) is 39.2 Å². The minimum atomic E-state index is 0.662. The Labute approximate surface area is 113 Å². The molecule has 1 aliphatic rings. The van der Waals surface area contributed by atoms with Gasteiger partial charge in [-0.2, -0.15) is 4.98 Å². The molecule has 1 aliphatic heterocycles. The molecule has 0 unspecified atom stereocenters. The minimum Gasteiger partial charge on any atom is -0.356 e. The summed E-state index contributed by atoms with van der Waals surface area (Å²) < 4.78 is 0. The first-order chi connectivity index (χ1) is 9.31. The quantitative estimate of drug-likeness (QED) is 0.913. The van der Waals surface area contributed by atoms with Crippen LogP contribution in [0, 0.1) is 6.92 Å². The van der Waals surface area contributed by atoms with Crippen molar-refractivity contribution in [1.82, 2.24) is 9.97 Å². The van der Waals surface area contributed by atoms with E-state index in [1.807, 2.05) is 24.4 Å². The number of nitrogens with zero attached hydrogens (tertiary/aromatic N) is 3. The molecule has 2 aromatic rings. The molecule has 2 heterocycles. The number of benzene rings is 1. The van der Waals surface area contributed by atoms with Crippen molar-refractivity contribution in [3.05, 3.63) is 42.1 Å². The van der Waals surface area contributed by atoms with Gasteiger partial charge in [0.1, 0.15) is 5.82 Å². The summed E-state index contributed by atoms with van der Waals surface area (Å²) in [5, 5.41) is 3.26. The van der Waals surface area contributed by atoms with Gasteiger partial charge in [0.25, 0.3) is 0 Å². The second-order valence-electron chi connectivity index (χ2n) is 4.93. The van der Waals surface area contributed by atoms with E-state index in [1.54, 1.807) is 0 Å². The average molecular weight is 254 g/mol. The van der Waals surface area contributed by atoms with Gasteiger partial charge in [-0.1, -0.05) is 12.1 Å². The third kappa shape index (κ3) is 2.84. The first kappa shape index (κ1) is 12.0.